The van der Waals surface area contributed by atoms with Crippen LogP contribution in [0.4, 0.5) is 0 Å². The molecule has 2 aliphatic rings. The average Bonchev–Trinajstić information content (AvgIpc) is 3.15. The highest BCUT2D eigenvalue weighted by Crippen LogP contribution is 2.30. The van der Waals surface area contributed by atoms with Gasteiger partial charge >= 0.3 is 0 Å². The van der Waals surface area contributed by atoms with Gasteiger partial charge in [-0.3, -0.25) is 0 Å². The van der Waals surface area contributed by atoms with Crippen LogP contribution in [0, 0.1) is 5.92 Å². The molecule has 25 heavy (non-hydrogen) atoms. The Morgan fingerprint density at radius 3 is 2.64 bits per heavy atom. The molecule has 0 bridgehead atoms. The molecule has 3 rings (SSSR count). The third-order valence-corrected chi connectivity index (χ3v) is 5.52. The van der Waals surface area contributed by atoms with Crippen molar-refractivity contribution in [3.05, 3.63) is 23.8 Å². The van der Waals surface area contributed by atoms with E-state index < -0.39 is 0 Å². The minimum Gasteiger partial charge on any atom is -0.497 e. The predicted molar refractivity (Wildman–Crippen MR) is 99.5 cm³/mol. The summed E-state index contributed by atoms with van der Waals surface area (Å²) in [5.41, 5.74) is 1.19. The van der Waals surface area contributed by atoms with Crippen molar-refractivity contribution in [1.29, 1.82) is 0 Å². The highest BCUT2D eigenvalue weighted by atomic mass is 16.5. The topological polar surface area (TPSA) is 43.0 Å². The molecule has 0 spiro atoms. The SMILES string of the molecule is COc1ccc(C(C)NC2CCN(CC3CCOC3)CC2)c(OC)c1. The van der Waals surface area contributed by atoms with Crippen molar-refractivity contribution >= 4 is 0 Å². The summed E-state index contributed by atoms with van der Waals surface area (Å²) in [4.78, 5) is 2.61. The van der Waals surface area contributed by atoms with E-state index in [9.17, 15) is 0 Å². The van der Waals surface area contributed by atoms with Crippen LogP contribution in [0.3, 0.4) is 0 Å². The lowest BCUT2D eigenvalue weighted by molar-refractivity contribution is 0.145. The van der Waals surface area contributed by atoms with Gasteiger partial charge in [0.05, 0.1) is 20.8 Å². The van der Waals surface area contributed by atoms with Crippen LogP contribution >= 0.6 is 0 Å². The van der Waals surface area contributed by atoms with E-state index in [1.165, 1.54) is 44.5 Å². The van der Waals surface area contributed by atoms with E-state index in [2.05, 4.69) is 23.2 Å². The highest BCUT2D eigenvalue weighted by molar-refractivity contribution is 5.42. The normalized spacial score (nSPS) is 23.6. The van der Waals surface area contributed by atoms with Gasteiger partial charge in [0.15, 0.2) is 0 Å². The van der Waals surface area contributed by atoms with E-state index >= 15 is 0 Å². The Kier molecular flexibility index (Phi) is 6.57. The van der Waals surface area contributed by atoms with Crippen LogP contribution < -0.4 is 14.8 Å². The zero-order valence-corrected chi connectivity index (χ0v) is 15.8. The van der Waals surface area contributed by atoms with Gasteiger partial charge in [0.2, 0.25) is 0 Å². The fourth-order valence-corrected chi connectivity index (χ4v) is 3.99. The zero-order chi connectivity index (χ0) is 17.6. The van der Waals surface area contributed by atoms with Gasteiger partial charge in [-0.2, -0.15) is 0 Å². The second-order valence-electron chi connectivity index (χ2n) is 7.30. The van der Waals surface area contributed by atoms with Crippen molar-refractivity contribution in [1.82, 2.24) is 10.2 Å². The first-order valence-electron chi connectivity index (χ1n) is 9.47. The quantitative estimate of drug-likeness (QED) is 0.821. The Morgan fingerprint density at radius 2 is 2.00 bits per heavy atom. The van der Waals surface area contributed by atoms with Gasteiger partial charge in [0.1, 0.15) is 11.5 Å². The van der Waals surface area contributed by atoms with Crippen LogP contribution in [-0.2, 0) is 4.74 Å². The Morgan fingerprint density at radius 1 is 1.20 bits per heavy atom. The Bertz CT molecular complexity index is 538. The zero-order valence-electron chi connectivity index (χ0n) is 15.8. The summed E-state index contributed by atoms with van der Waals surface area (Å²) in [6.07, 6.45) is 3.64. The molecule has 2 fully saturated rings. The van der Waals surface area contributed by atoms with E-state index in [1.807, 2.05) is 12.1 Å². The summed E-state index contributed by atoms with van der Waals surface area (Å²) < 4.78 is 16.3. The molecule has 5 heteroatoms. The molecule has 1 N–H and O–H groups in total. The molecule has 2 atom stereocenters. The van der Waals surface area contributed by atoms with Gasteiger partial charge in [-0.05, 0) is 51.3 Å². The van der Waals surface area contributed by atoms with Crippen LogP contribution in [0.5, 0.6) is 11.5 Å². The van der Waals surface area contributed by atoms with E-state index in [0.29, 0.717) is 6.04 Å². The summed E-state index contributed by atoms with van der Waals surface area (Å²) >= 11 is 0. The molecular formula is C20H32N2O3. The smallest absolute Gasteiger partial charge is 0.127 e. The fraction of sp³-hybridized carbons (Fsp3) is 0.700. The molecule has 2 heterocycles. The van der Waals surface area contributed by atoms with Crippen molar-refractivity contribution in [3.8, 4) is 11.5 Å². The molecule has 0 amide bonds. The van der Waals surface area contributed by atoms with Crippen molar-refractivity contribution in [2.45, 2.75) is 38.3 Å². The van der Waals surface area contributed by atoms with E-state index in [1.54, 1.807) is 14.2 Å². The van der Waals surface area contributed by atoms with Gasteiger partial charge in [-0.1, -0.05) is 6.07 Å². The Hall–Kier alpha value is -1.30. The number of nitrogens with zero attached hydrogens (tertiary/aromatic N) is 1. The van der Waals surface area contributed by atoms with Crippen molar-refractivity contribution < 1.29 is 14.2 Å². The molecule has 0 aromatic heterocycles. The molecule has 2 unspecified atom stereocenters. The molecule has 1 aromatic carbocycles. The average molecular weight is 348 g/mol. The van der Waals surface area contributed by atoms with Crippen molar-refractivity contribution in [2.24, 2.45) is 5.92 Å². The van der Waals surface area contributed by atoms with Crippen LogP contribution in [-0.4, -0.2) is 58.0 Å². The van der Waals surface area contributed by atoms with Gasteiger partial charge in [0, 0.05) is 36.9 Å². The monoisotopic (exact) mass is 348 g/mol. The number of hydrogen-bond donors (Lipinski definition) is 1. The van der Waals surface area contributed by atoms with E-state index in [0.717, 1.165) is 30.6 Å². The Labute approximate surface area is 151 Å². The van der Waals surface area contributed by atoms with Crippen LogP contribution in [0.15, 0.2) is 18.2 Å². The standard InChI is InChI=1S/C20H32N2O3/c1-15(19-5-4-18(23-2)12-20(19)24-3)21-17-6-9-22(10-7-17)13-16-8-11-25-14-16/h4-5,12,15-17,21H,6-11,13-14H2,1-3H3. The lowest BCUT2D eigenvalue weighted by atomic mass is 9.99. The number of piperidine rings is 1. The number of ether oxygens (including phenoxy) is 3. The molecule has 5 nitrogen and oxygen atoms in total. The summed E-state index contributed by atoms with van der Waals surface area (Å²) in [5, 5.41) is 3.79. The minimum atomic E-state index is 0.264. The molecule has 0 saturated carbocycles. The predicted octanol–water partition coefficient (Wildman–Crippen LogP) is 2.86. The molecular weight excluding hydrogens is 316 g/mol. The van der Waals surface area contributed by atoms with Crippen molar-refractivity contribution in [3.63, 3.8) is 0 Å². The maximum atomic E-state index is 5.55. The Balaban J connectivity index is 1.49. The lowest BCUT2D eigenvalue weighted by Gasteiger charge is -2.35. The number of hydrogen-bond acceptors (Lipinski definition) is 5. The van der Waals surface area contributed by atoms with Crippen LogP contribution in [0.1, 0.15) is 37.8 Å². The number of likely N-dealkylation sites (tertiary alicyclic amines) is 1. The third kappa shape index (κ3) is 4.87. The molecule has 0 aliphatic carbocycles. The van der Waals surface area contributed by atoms with Crippen LogP contribution in [0.25, 0.3) is 0 Å². The number of nitrogens with one attached hydrogen (secondary N) is 1. The number of rotatable bonds is 7. The number of methoxy groups -OCH3 is 2. The molecule has 0 radical (unpaired) electrons. The fourth-order valence-electron chi connectivity index (χ4n) is 3.99. The molecule has 2 saturated heterocycles. The summed E-state index contributed by atoms with van der Waals surface area (Å²) in [7, 11) is 3.40. The summed E-state index contributed by atoms with van der Waals surface area (Å²) in [6, 6.07) is 6.89. The first-order chi connectivity index (χ1) is 12.2. The molecule has 1 aromatic rings. The summed E-state index contributed by atoms with van der Waals surface area (Å²) in [5.74, 6) is 2.46. The van der Waals surface area contributed by atoms with Crippen LogP contribution in [0.2, 0.25) is 0 Å². The lowest BCUT2D eigenvalue weighted by Crippen LogP contribution is -2.44. The molecule has 2 aliphatic heterocycles. The second-order valence-corrected chi connectivity index (χ2v) is 7.30. The van der Waals surface area contributed by atoms with Crippen molar-refractivity contribution in [2.75, 3.05) is 47.1 Å². The second kappa shape index (κ2) is 8.88. The minimum absolute atomic E-state index is 0.264. The van der Waals surface area contributed by atoms with E-state index in [-0.39, 0.29) is 6.04 Å². The maximum absolute atomic E-state index is 5.55. The van der Waals surface area contributed by atoms with Gasteiger partial charge < -0.3 is 24.4 Å². The van der Waals surface area contributed by atoms with E-state index in [4.69, 9.17) is 14.2 Å². The maximum Gasteiger partial charge on any atom is 0.127 e. The highest BCUT2D eigenvalue weighted by Gasteiger charge is 2.25. The largest absolute Gasteiger partial charge is 0.497 e. The molecule has 140 valence electrons. The van der Waals surface area contributed by atoms with Gasteiger partial charge in [-0.25, -0.2) is 0 Å². The van der Waals surface area contributed by atoms with Gasteiger partial charge in [0.25, 0.3) is 0 Å². The summed E-state index contributed by atoms with van der Waals surface area (Å²) in [6.45, 7) is 7.68. The van der Waals surface area contributed by atoms with Gasteiger partial charge in [-0.15, -0.1) is 0 Å². The first-order valence-corrected chi connectivity index (χ1v) is 9.47. The third-order valence-electron chi connectivity index (χ3n) is 5.52. The first kappa shape index (κ1) is 18.5. The number of benzene rings is 1.